The molecule has 2 N–H and O–H groups in total. The van der Waals surface area contributed by atoms with E-state index in [0.29, 0.717) is 12.3 Å². The molecule has 0 aromatic rings. The van der Waals surface area contributed by atoms with Crippen molar-refractivity contribution in [1.29, 1.82) is 0 Å². The Bertz CT molecular complexity index is 81.3. The molecular formula is C8H19NO. The van der Waals surface area contributed by atoms with E-state index in [4.69, 9.17) is 5.73 Å². The summed E-state index contributed by atoms with van der Waals surface area (Å²) in [5, 5.41) is 0. The maximum Gasteiger partial charge on any atom is 0.217 e. The Morgan fingerprint density at radius 2 is 1.90 bits per heavy atom. The zero-order valence-electron chi connectivity index (χ0n) is 7.48. The second-order valence-corrected chi connectivity index (χ2v) is 2.18. The van der Waals surface area contributed by atoms with Crippen LogP contribution in [0.4, 0.5) is 0 Å². The minimum atomic E-state index is -0.195. The number of rotatable bonds is 3. The van der Waals surface area contributed by atoms with E-state index in [1.807, 2.05) is 27.7 Å². The fraction of sp³-hybridized carbons (Fsp3) is 0.875. The summed E-state index contributed by atoms with van der Waals surface area (Å²) >= 11 is 0. The molecule has 62 valence electrons. The van der Waals surface area contributed by atoms with Gasteiger partial charge >= 0.3 is 0 Å². The molecule has 0 bridgehead atoms. The molecule has 10 heavy (non-hydrogen) atoms. The van der Waals surface area contributed by atoms with Gasteiger partial charge in [0.2, 0.25) is 5.91 Å². The van der Waals surface area contributed by atoms with Gasteiger partial charge in [-0.15, -0.1) is 0 Å². The lowest BCUT2D eigenvalue weighted by Gasteiger charge is -2.01. The molecule has 0 saturated heterocycles. The van der Waals surface area contributed by atoms with Crippen molar-refractivity contribution in [2.75, 3.05) is 0 Å². The molecule has 0 radical (unpaired) electrons. The van der Waals surface area contributed by atoms with Crippen LogP contribution in [-0.2, 0) is 4.79 Å². The number of carbonyl (C=O) groups excluding carboxylic acids is 1. The van der Waals surface area contributed by atoms with Gasteiger partial charge in [-0.1, -0.05) is 34.1 Å². The van der Waals surface area contributed by atoms with Crippen LogP contribution in [0.3, 0.4) is 0 Å². The van der Waals surface area contributed by atoms with Crippen LogP contribution in [0.2, 0.25) is 0 Å². The first-order chi connectivity index (χ1) is 4.66. The first-order valence-corrected chi connectivity index (χ1v) is 3.95. The van der Waals surface area contributed by atoms with Gasteiger partial charge in [0.05, 0.1) is 0 Å². The molecule has 1 atom stereocenters. The number of carbonyl (C=O) groups is 1. The van der Waals surface area contributed by atoms with Crippen LogP contribution in [-0.4, -0.2) is 5.91 Å². The van der Waals surface area contributed by atoms with Gasteiger partial charge in [-0.05, 0) is 5.92 Å². The molecule has 0 spiro atoms. The van der Waals surface area contributed by atoms with E-state index in [1.165, 1.54) is 0 Å². The molecule has 0 saturated carbocycles. The first kappa shape index (κ1) is 12.2. The molecular weight excluding hydrogens is 126 g/mol. The van der Waals surface area contributed by atoms with E-state index < -0.39 is 0 Å². The molecule has 0 aromatic carbocycles. The molecule has 2 nitrogen and oxygen atoms in total. The van der Waals surface area contributed by atoms with Crippen LogP contribution >= 0.6 is 0 Å². The van der Waals surface area contributed by atoms with Crippen molar-refractivity contribution in [3.8, 4) is 0 Å². The molecule has 1 unspecified atom stereocenters. The summed E-state index contributed by atoms with van der Waals surface area (Å²) in [6.45, 7) is 8.07. The summed E-state index contributed by atoms with van der Waals surface area (Å²) in [4.78, 5) is 10.2. The minimum Gasteiger partial charge on any atom is -0.370 e. The van der Waals surface area contributed by atoms with Gasteiger partial charge in [0.15, 0.2) is 0 Å². The number of amides is 1. The van der Waals surface area contributed by atoms with Crippen molar-refractivity contribution in [3.05, 3.63) is 0 Å². The monoisotopic (exact) mass is 145 g/mol. The van der Waals surface area contributed by atoms with Crippen LogP contribution in [0.5, 0.6) is 0 Å². The normalized spacial score (nSPS) is 11.2. The zero-order chi connectivity index (χ0) is 8.57. The summed E-state index contributed by atoms with van der Waals surface area (Å²) in [5.41, 5.74) is 4.93. The van der Waals surface area contributed by atoms with Crippen molar-refractivity contribution in [3.63, 3.8) is 0 Å². The van der Waals surface area contributed by atoms with E-state index in [2.05, 4.69) is 0 Å². The minimum absolute atomic E-state index is 0.195. The second-order valence-electron chi connectivity index (χ2n) is 2.18. The quantitative estimate of drug-likeness (QED) is 0.648. The lowest BCUT2D eigenvalue weighted by atomic mass is 10.1. The van der Waals surface area contributed by atoms with Crippen molar-refractivity contribution in [1.82, 2.24) is 0 Å². The third kappa shape index (κ3) is 10.5. The maximum absolute atomic E-state index is 10.2. The number of hydrogen-bond donors (Lipinski definition) is 1. The maximum atomic E-state index is 10.2. The van der Waals surface area contributed by atoms with Crippen LogP contribution < -0.4 is 5.73 Å². The van der Waals surface area contributed by atoms with E-state index in [-0.39, 0.29) is 5.91 Å². The predicted molar refractivity (Wildman–Crippen MR) is 44.6 cm³/mol. The lowest BCUT2D eigenvalue weighted by Crippen LogP contribution is -2.13. The van der Waals surface area contributed by atoms with E-state index in [0.717, 1.165) is 6.42 Å². The highest BCUT2D eigenvalue weighted by Crippen LogP contribution is 2.03. The molecule has 0 aromatic heterocycles. The Kier molecular flexibility index (Phi) is 10.3. The molecule has 0 rings (SSSR count). The Labute approximate surface area is 63.8 Å². The number of nitrogens with two attached hydrogens (primary N) is 1. The first-order valence-electron chi connectivity index (χ1n) is 3.95. The second kappa shape index (κ2) is 8.47. The average molecular weight is 145 g/mol. The van der Waals surface area contributed by atoms with Gasteiger partial charge in [0, 0.05) is 6.42 Å². The summed E-state index contributed by atoms with van der Waals surface area (Å²) in [7, 11) is 0. The van der Waals surface area contributed by atoms with Gasteiger partial charge in [-0.25, -0.2) is 0 Å². The molecule has 0 aliphatic rings. The Morgan fingerprint density at radius 3 is 2.00 bits per heavy atom. The molecule has 0 aliphatic carbocycles. The Hall–Kier alpha value is -0.530. The molecule has 1 amide bonds. The smallest absolute Gasteiger partial charge is 0.217 e. The standard InChI is InChI=1S/C6H13NO.C2H6/c1-3-5(2)4-6(7)8;1-2/h5H,3-4H2,1-2H3,(H2,7,8);1-2H3. The third-order valence-electron chi connectivity index (χ3n) is 1.25. The molecule has 2 heteroatoms. The number of primary amides is 1. The van der Waals surface area contributed by atoms with Crippen molar-refractivity contribution in [2.45, 2.75) is 40.5 Å². The third-order valence-corrected chi connectivity index (χ3v) is 1.25. The highest BCUT2D eigenvalue weighted by Gasteiger charge is 2.00. The van der Waals surface area contributed by atoms with Crippen molar-refractivity contribution >= 4 is 5.91 Å². The molecule has 0 aliphatic heterocycles. The fourth-order valence-electron chi connectivity index (χ4n) is 0.488. The van der Waals surface area contributed by atoms with Crippen LogP contribution in [0, 0.1) is 5.92 Å². The Balaban J connectivity index is 0. The zero-order valence-corrected chi connectivity index (χ0v) is 7.48. The summed E-state index contributed by atoms with van der Waals surface area (Å²) in [6.07, 6.45) is 1.55. The van der Waals surface area contributed by atoms with Crippen molar-refractivity contribution < 1.29 is 4.79 Å². The van der Waals surface area contributed by atoms with Gasteiger partial charge in [0.25, 0.3) is 0 Å². The molecule has 0 heterocycles. The Morgan fingerprint density at radius 1 is 1.50 bits per heavy atom. The van der Waals surface area contributed by atoms with E-state index in [1.54, 1.807) is 0 Å². The van der Waals surface area contributed by atoms with Crippen LogP contribution in [0.25, 0.3) is 0 Å². The summed E-state index contributed by atoms with van der Waals surface area (Å²) < 4.78 is 0. The number of hydrogen-bond acceptors (Lipinski definition) is 1. The largest absolute Gasteiger partial charge is 0.370 e. The van der Waals surface area contributed by atoms with Gasteiger partial charge in [-0.3, -0.25) is 4.79 Å². The predicted octanol–water partition coefficient (Wildman–Crippen LogP) is 1.93. The van der Waals surface area contributed by atoms with Gasteiger partial charge in [0.1, 0.15) is 0 Å². The fourth-order valence-corrected chi connectivity index (χ4v) is 0.488. The van der Waals surface area contributed by atoms with Gasteiger partial charge < -0.3 is 5.73 Å². The highest BCUT2D eigenvalue weighted by molar-refractivity contribution is 5.73. The summed E-state index contributed by atoms with van der Waals surface area (Å²) in [6, 6.07) is 0. The van der Waals surface area contributed by atoms with Crippen molar-refractivity contribution in [2.24, 2.45) is 11.7 Å². The average Bonchev–Trinajstić information content (AvgIpc) is 1.91. The topological polar surface area (TPSA) is 43.1 Å². The summed E-state index contributed by atoms with van der Waals surface area (Å²) in [5.74, 6) is 0.256. The van der Waals surface area contributed by atoms with E-state index in [9.17, 15) is 4.79 Å². The highest BCUT2D eigenvalue weighted by atomic mass is 16.1. The van der Waals surface area contributed by atoms with Gasteiger partial charge in [-0.2, -0.15) is 0 Å². The SMILES string of the molecule is CC.CCC(C)CC(N)=O. The van der Waals surface area contributed by atoms with E-state index >= 15 is 0 Å². The lowest BCUT2D eigenvalue weighted by molar-refractivity contribution is -0.118. The van der Waals surface area contributed by atoms with Crippen LogP contribution in [0.1, 0.15) is 40.5 Å². The van der Waals surface area contributed by atoms with Crippen LogP contribution in [0.15, 0.2) is 0 Å². The molecule has 0 fully saturated rings.